The van der Waals surface area contributed by atoms with Crippen LogP contribution in [0.5, 0.6) is 0 Å². The molecule has 0 atom stereocenters. The Labute approximate surface area is 84.7 Å². The average molecular weight is 210 g/mol. The molecule has 0 unspecified atom stereocenters. The van der Waals surface area contributed by atoms with E-state index in [1.807, 2.05) is 41.5 Å². The summed E-state index contributed by atoms with van der Waals surface area (Å²) in [7, 11) is -2.55. The summed E-state index contributed by atoms with van der Waals surface area (Å²) in [6, 6.07) is 0. The minimum atomic E-state index is -2.55. The second kappa shape index (κ2) is 14.5. The van der Waals surface area contributed by atoms with Gasteiger partial charge in [0.15, 0.2) is 0 Å². The monoisotopic (exact) mass is 210 g/mol. The van der Waals surface area contributed by atoms with Crippen LogP contribution in [0.4, 0.5) is 0 Å². The highest BCUT2D eigenvalue weighted by atomic mass is 32.2. The minimum Gasteiger partial charge on any atom is -0.229 e. The third-order valence-corrected chi connectivity index (χ3v) is 2.98. The number of hydrogen-bond acceptors (Lipinski definition) is 2. The fraction of sp³-hybridized carbons (Fsp3) is 1.00. The third-order valence-electron chi connectivity index (χ3n) is 1.16. The molecular weight excluding hydrogens is 184 g/mol. The molecule has 3 heteroatoms. The zero-order valence-corrected chi connectivity index (χ0v) is 10.9. The van der Waals surface area contributed by atoms with Gasteiger partial charge in [-0.05, 0) is 12.8 Å². The van der Waals surface area contributed by atoms with Gasteiger partial charge in [0.05, 0.1) is 11.5 Å². The molecule has 0 aliphatic carbocycles. The molecule has 0 aromatic heterocycles. The van der Waals surface area contributed by atoms with Crippen LogP contribution in [-0.4, -0.2) is 19.9 Å². The maximum Gasteiger partial charge on any atom is 0.150 e. The fourth-order valence-electron chi connectivity index (χ4n) is 0.746. The molecule has 0 aromatic rings. The molecule has 0 spiro atoms. The molecule has 2 nitrogen and oxygen atoms in total. The predicted octanol–water partition coefficient (Wildman–Crippen LogP) is 3.27. The van der Waals surface area contributed by atoms with Crippen LogP contribution in [-0.2, 0) is 9.84 Å². The lowest BCUT2D eigenvalue weighted by Gasteiger charge is -1.81. The zero-order chi connectivity index (χ0) is 11.3. The number of sulfone groups is 1. The molecule has 1 aliphatic heterocycles. The largest absolute Gasteiger partial charge is 0.229 e. The van der Waals surface area contributed by atoms with E-state index in [1.165, 1.54) is 0 Å². The summed E-state index contributed by atoms with van der Waals surface area (Å²) < 4.78 is 20.9. The van der Waals surface area contributed by atoms with Crippen molar-refractivity contribution in [3.05, 3.63) is 0 Å². The first-order valence-electron chi connectivity index (χ1n) is 5.41. The van der Waals surface area contributed by atoms with Gasteiger partial charge in [-0.3, -0.25) is 0 Å². The molecule has 0 amide bonds. The van der Waals surface area contributed by atoms with E-state index in [0.29, 0.717) is 11.5 Å². The average Bonchev–Trinajstić information content (AvgIpc) is 2.60. The van der Waals surface area contributed by atoms with E-state index in [-0.39, 0.29) is 0 Å². The van der Waals surface area contributed by atoms with Crippen LogP contribution in [0, 0.1) is 0 Å². The van der Waals surface area contributed by atoms with E-state index in [9.17, 15) is 8.42 Å². The Bertz CT molecular complexity index is 136. The van der Waals surface area contributed by atoms with Crippen molar-refractivity contribution in [2.75, 3.05) is 11.5 Å². The molecule has 1 rings (SSSR count). The second-order valence-electron chi connectivity index (χ2n) is 1.86. The molecule has 0 aromatic carbocycles. The molecule has 13 heavy (non-hydrogen) atoms. The van der Waals surface area contributed by atoms with E-state index in [4.69, 9.17) is 0 Å². The Hall–Kier alpha value is -0.0500. The first-order valence-corrected chi connectivity index (χ1v) is 7.23. The lowest BCUT2D eigenvalue weighted by atomic mass is 10.4. The Morgan fingerprint density at radius 1 is 0.692 bits per heavy atom. The number of rotatable bonds is 0. The topological polar surface area (TPSA) is 34.1 Å². The molecule has 0 bridgehead atoms. The molecule has 0 radical (unpaired) electrons. The highest BCUT2D eigenvalue weighted by Gasteiger charge is 2.16. The Balaban J connectivity index is -0.000000144. The quantitative estimate of drug-likeness (QED) is 0.615. The highest BCUT2D eigenvalue weighted by molar-refractivity contribution is 7.91. The SMILES string of the molecule is CC.CC.CC.O=S1(=O)CCCC1. The van der Waals surface area contributed by atoms with E-state index in [1.54, 1.807) is 0 Å². The minimum absolute atomic E-state index is 0.424. The summed E-state index contributed by atoms with van der Waals surface area (Å²) in [5.41, 5.74) is 0. The van der Waals surface area contributed by atoms with Crippen molar-refractivity contribution in [2.24, 2.45) is 0 Å². The third kappa shape index (κ3) is 14.8. The molecular formula is C10H26O2S. The molecule has 1 fully saturated rings. The molecule has 0 saturated carbocycles. The fourth-order valence-corrected chi connectivity index (χ4v) is 2.24. The van der Waals surface area contributed by atoms with Crippen molar-refractivity contribution in [1.29, 1.82) is 0 Å². The molecule has 1 saturated heterocycles. The molecule has 84 valence electrons. The van der Waals surface area contributed by atoms with Crippen LogP contribution in [0.25, 0.3) is 0 Å². The Kier molecular flexibility index (Phi) is 20.8. The smallest absolute Gasteiger partial charge is 0.150 e. The van der Waals surface area contributed by atoms with Crippen molar-refractivity contribution in [1.82, 2.24) is 0 Å². The maximum absolute atomic E-state index is 10.4. The normalized spacial score (nSPS) is 16.5. The summed E-state index contributed by atoms with van der Waals surface area (Å²) in [5, 5.41) is 0. The van der Waals surface area contributed by atoms with Gasteiger partial charge in [0.25, 0.3) is 0 Å². The van der Waals surface area contributed by atoms with Crippen molar-refractivity contribution < 1.29 is 8.42 Å². The first kappa shape index (κ1) is 18.7. The van der Waals surface area contributed by atoms with Gasteiger partial charge in [-0.15, -0.1) is 0 Å². The summed E-state index contributed by atoms with van der Waals surface area (Å²) in [6.07, 6.45) is 1.75. The van der Waals surface area contributed by atoms with E-state index >= 15 is 0 Å². The molecule has 1 aliphatic rings. The van der Waals surface area contributed by atoms with Crippen molar-refractivity contribution in [3.8, 4) is 0 Å². The summed E-state index contributed by atoms with van der Waals surface area (Å²) in [5.74, 6) is 0.847. The van der Waals surface area contributed by atoms with Crippen LogP contribution in [0.1, 0.15) is 54.4 Å². The van der Waals surface area contributed by atoms with Crippen molar-refractivity contribution in [2.45, 2.75) is 54.4 Å². The standard InChI is InChI=1S/C4H8O2S.3C2H6/c5-7(6)3-1-2-4-7;3*1-2/h1-4H2;3*1-2H3. The van der Waals surface area contributed by atoms with E-state index < -0.39 is 9.84 Å². The highest BCUT2D eigenvalue weighted by Crippen LogP contribution is 2.08. The maximum atomic E-state index is 10.4. The Morgan fingerprint density at radius 2 is 0.923 bits per heavy atom. The van der Waals surface area contributed by atoms with Crippen LogP contribution < -0.4 is 0 Å². The summed E-state index contributed by atoms with van der Waals surface area (Å²) >= 11 is 0. The number of hydrogen-bond donors (Lipinski definition) is 0. The van der Waals surface area contributed by atoms with Gasteiger partial charge in [-0.2, -0.15) is 0 Å². The van der Waals surface area contributed by atoms with Gasteiger partial charge >= 0.3 is 0 Å². The lowest BCUT2D eigenvalue weighted by molar-refractivity contribution is 0.602. The van der Waals surface area contributed by atoms with E-state index in [0.717, 1.165) is 12.8 Å². The zero-order valence-electron chi connectivity index (χ0n) is 10.1. The van der Waals surface area contributed by atoms with Gasteiger partial charge in [-0.1, -0.05) is 41.5 Å². The summed E-state index contributed by atoms with van der Waals surface area (Å²) in [4.78, 5) is 0. The van der Waals surface area contributed by atoms with Crippen LogP contribution in [0.3, 0.4) is 0 Å². The van der Waals surface area contributed by atoms with Gasteiger partial charge in [-0.25, -0.2) is 8.42 Å². The van der Waals surface area contributed by atoms with Crippen LogP contribution in [0.2, 0.25) is 0 Å². The Morgan fingerprint density at radius 3 is 1.00 bits per heavy atom. The van der Waals surface area contributed by atoms with Gasteiger partial charge in [0.2, 0.25) is 0 Å². The van der Waals surface area contributed by atoms with Crippen LogP contribution in [0.15, 0.2) is 0 Å². The molecule has 1 heterocycles. The second-order valence-corrected chi connectivity index (χ2v) is 4.16. The first-order chi connectivity index (χ1) is 6.21. The van der Waals surface area contributed by atoms with E-state index in [2.05, 4.69) is 0 Å². The lowest BCUT2D eigenvalue weighted by Crippen LogP contribution is -1.98. The van der Waals surface area contributed by atoms with Crippen molar-refractivity contribution >= 4 is 9.84 Å². The van der Waals surface area contributed by atoms with Crippen LogP contribution >= 0.6 is 0 Å². The molecule has 0 N–H and O–H groups in total. The van der Waals surface area contributed by atoms with Gasteiger partial charge in [0, 0.05) is 0 Å². The van der Waals surface area contributed by atoms with Gasteiger partial charge < -0.3 is 0 Å². The van der Waals surface area contributed by atoms with Gasteiger partial charge in [0.1, 0.15) is 9.84 Å². The van der Waals surface area contributed by atoms with Crippen molar-refractivity contribution in [3.63, 3.8) is 0 Å². The summed E-state index contributed by atoms with van der Waals surface area (Å²) in [6.45, 7) is 12.0. The predicted molar refractivity (Wildman–Crippen MR) is 61.9 cm³/mol.